The molecule has 2 amide bonds. The van der Waals surface area contributed by atoms with E-state index < -0.39 is 6.09 Å². The van der Waals surface area contributed by atoms with Crippen LogP contribution in [0.2, 0.25) is 0 Å². The molecule has 176 valence electrons. The van der Waals surface area contributed by atoms with Crippen molar-refractivity contribution in [3.8, 4) is 0 Å². The smallest absolute Gasteiger partial charge is 0.411 e. The number of aryl methyl sites for hydroxylation is 1. The van der Waals surface area contributed by atoms with Crippen LogP contribution in [-0.2, 0) is 9.53 Å². The number of piperidine rings is 1. The molecule has 2 saturated heterocycles. The van der Waals surface area contributed by atoms with E-state index in [1.807, 2.05) is 25.1 Å². The van der Waals surface area contributed by atoms with Gasteiger partial charge in [-0.05, 0) is 82.1 Å². The van der Waals surface area contributed by atoms with Gasteiger partial charge in [0.25, 0.3) is 0 Å². The average Bonchev–Trinajstić information content (AvgIpc) is 3.08. The van der Waals surface area contributed by atoms with Gasteiger partial charge in [0.2, 0.25) is 5.91 Å². The van der Waals surface area contributed by atoms with Crippen LogP contribution in [0.5, 0.6) is 0 Å². The molecule has 3 fully saturated rings. The number of hydrogen-bond donors (Lipinski definition) is 2. The van der Waals surface area contributed by atoms with Gasteiger partial charge in [-0.25, -0.2) is 4.79 Å². The highest BCUT2D eigenvalue weighted by atomic mass is 16.5. The molecular weight excluding hydrogens is 406 g/mol. The molecule has 1 atom stereocenters. The number of amides is 2. The van der Waals surface area contributed by atoms with Crippen molar-refractivity contribution in [2.45, 2.75) is 77.4 Å². The maximum atomic E-state index is 13.6. The molecule has 1 saturated carbocycles. The summed E-state index contributed by atoms with van der Waals surface area (Å²) in [6, 6.07) is 6.22. The lowest BCUT2D eigenvalue weighted by molar-refractivity contribution is -0.139. The third-order valence-corrected chi connectivity index (χ3v) is 7.45. The zero-order valence-corrected chi connectivity index (χ0v) is 19.4. The van der Waals surface area contributed by atoms with E-state index in [-0.39, 0.29) is 11.5 Å². The minimum Gasteiger partial charge on any atom is -0.449 e. The highest BCUT2D eigenvalue weighted by molar-refractivity contribution is 5.87. The van der Waals surface area contributed by atoms with Crippen molar-refractivity contribution < 1.29 is 19.4 Å². The number of aliphatic hydroxyl groups is 1. The van der Waals surface area contributed by atoms with Crippen LogP contribution in [0.15, 0.2) is 18.2 Å². The molecule has 2 aliphatic heterocycles. The molecule has 4 rings (SSSR count). The molecular formula is C25H37N3O4. The van der Waals surface area contributed by atoms with Gasteiger partial charge in [-0.15, -0.1) is 0 Å². The second-order valence-corrected chi connectivity index (χ2v) is 9.78. The third kappa shape index (κ3) is 4.72. The Bertz CT molecular complexity index is 836. The second kappa shape index (κ2) is 9.69. The first-order valence-electron chi connectivity index (χ1n) is 12.2. The molecule has 7 nitrogen and oxygen atoms in total. The third-order valence-electron chi connectivity index (χ3n) is 7.45. The van der Waals surface area contributed by atoms with E-state index in [4.69, 9.17) is 4.74 Å². The highest BCUT2D eigenvalue weighted by Crippen LogP contribution is 2.44. The lowest BCUT2D eigenvalue weighted by atomic mass is 9.78. The molecule has 1 aromatic carbocycles. The Morgan fingerprint density at radius 2 is 2.00 bits per heavy atom. The quantitative estimate of drug-likeness (QED) is 0.717. The van der Waals surface area contributed by atoms with Crippen molar-refractivity contribution >= 4 is 23.4 Å². The van der Waals surface area contributed by atoms with Crippen LogP contribution in [-0.4, -0.2) is 60.4 Å². The number of nitrogens with one attached hydrogen (secondary N) is 1. The standard InChI is InChI=1S/C25H37N3O4/c1-3-15-32-24(31)26-19-5-10-22(18(2)16-19)27-13-4-11-25(17-27)12-14-28(23(25)30)20-6-8-21(29)9-7-20/h5,10,16,20-21,29H,3-4,6-9,11-15,17H2,1-2H3,(H,26,31)/t20-,21-,25-/m1/s1. The molecule has 0 unspecified atom stereocenters. The summed E-state index contributed by atoms with van der Waals surface area (Å²) in [6.45, 7) is 6.96. The summed E-state index contributed by atoms with van der Waals surface area (Å²) in [6.07, 6.45) is 6.49. The van der Waals surface area contributed by atoms with Gasteiger partial charge in [-0.1, -0.05) is 6.92 Å². The fourth-order valence-electron chi connectivity index (χ4n) is 5.72. The molecule has 1 spiro atoms. The van der Waals surface area contributed by atoms with Crippen molar-refractivity contribution in [2.75, 3.05) is 36.5 Å². The first-order valence-corrected chi connectivity index (χ1v) is 12.2. The van der Waals surface area contributed by atoms with Crippen molar-refractivity contribution in [3.05, 3.63) is 23.8 Å². The topological polar surface area (TPSA) is 82.1 Å². The first-order chi connectivity index (χ1) is 15.4. The largest absolute Gasteiger partial charge is 0.449 e. The first kappa shape index (κ1) is 22.9. The fourth-order valence-corrected chi connectivity index (χ4v) is 5.72. The number of hydrogen-bond acceptors (Lipinski definition) is 5. The summed E-state index contributed by atoms with van der Waals surface area (Å²) >= 11 is 0. The number of aliphatic hydroxyl groups excluding tert-OH is 1. The predicted molar refractivity (Wildman–Crippen MR) is 125 cm³/mol. The van der Waals surface area contributed by atoms with Gasteiger partial charge < -0.3 is 19.6 Å². The number of ether oxygens (including phenoxy) is 1. The monoisotopic (exact) mass is 443 g/mol. The van der Waals surface area contributed by atoms with Gasteiger partial charge in [-0.3, -0.25) is 10.1 Å². The highest BCUT2D eigenvalue weighted by Gasteiger charge is 2.50. The Morgan fingerprint density at radius 3 is 2.72 bits per heavy atom. The number of benzene rings is 1. The predicted octanol–water partition coefficient (Wildman–Crippen LogP) is 4.08. The summed E-state index contributed by atoms with van der Waals surface area (Å²) in [5, 5.41) is 12.6. The Morgan fingerprint density at radius 1 is 1.22 bits per heavy atom. The molecule has 2 heterocycles. The van der Waals surface area contributed by atoms with Crippen LogP contribution >= 0.6 is 0 Å². The summed E-state index contributed by atoms with van der Waals surface area (Å²) < 4.78 is 5.11. The van der Waals surface area contributed by atoms with Gasteiger partial charge in [0, 0.05) is 37.1 Å². The Hall–Kier alpha value is -2.28. The van der Waals surface area contributed by atoms with Crippen LogP contribution in [0.25, 0.3) is 0 Å². The van der Waals surface area contributed by atoms with E-state index >= 15 is 0 Å². The van der Waals surface area contributed by atoms with Crippen LogP contribution in [0.4, 0.5) is 16.2 Å². The van der Waals surface area contributed by atoms with Crippen LogP contribution in [0, 0.1) is 12.3 Å². The lowest BCUT2D eigenvalue weighted by Gasteiger charge is -2.42. The molecule has 7 heteroatoms. The summed E-state index contributed by atoms with van der Waals surface area (Å²) in [5.74, 6) is 0.318. The Balaban J connectivity index is 1.42. The lowest BCUT2D eigenvalue weighted by Crippen LogP contribution is -2.50. The van der Waals surface area contributed by atoms with Gasteiger partial charge >= 0.3 is 6.09 Å². The number of rotatable bonds is 5. The van der Waals surface area contributed by atoms with Gasteiger partial charge in [0.15, 0.2) is 0 Å². The van der Waals surface area contributed by atoms with E-state index in [1.54, 1.807) is 0 Å². The fraction of sp³-hybridized carbons (Fsp3) is 0.680. The molecule has 32 heavy (non-hydrogen) atoms. The molecule has 0 aromatic heterocycles. The van der Waals surface area contributed by atoms with Crippen LogP contribution in [0.3, 0.4) is 0 Å². The Labute approximate surface area is 191 Å². The summed E-state index contributed by atoms with van der Waals surface area (Å²) in [7, 11) is 0. The average molecular weight is 444 g/mol. The normalized spacial score (nSPS) is 28.3. The van der Waals surface area contributed by atoms with Crippen molar-refractivity contribution in [3.63, 3.8) is 0 Å². The van der Waals surface area contributed by atoms with E-state index in [0.717, 1.165) is 87.9 Å². The maximum absolute atomic E-state index is 13.6. The molecule has 3 aliphatic rings. The molecule has 2 N–H and O–H groups in total. The van der Waals surface area contributed by atoms with Crippen molar-refractivity contribution in [2.24, 2.45) is 5.41 Å². The van der Waals surface area contributed by atoms with Gasteiger partial charge in [-0.2, -0.15) is 0 Å². The minimum atomic E-state index is -0.428. The number of likely N-dealkylation sites (tertiary alicyclic amines) is 1. The number of carbonyl (C=O) groups excluding carboxylic acids is 2. The number of carbonyl (C=O) groups is 2. The van der Waals surface area contributed by atoms with E-state index in [2.05, 4.69) is 22.0 Å². The second-order valence-electron chi connectivity index (χ2n) is 9.78. The van der Waals surface area contributed by atoms with Gasteiger partial charge in [0.1, 0.15) is 0 Å². The maximum Gasteiger partial charge on any atom is 0.411 e. The molecule has 1 aliphatic carbocycles. The number of anilines is 2. The zero-order chi connectivity index (χ0) is 22.7. The van der Waals surface area contributed by atoms with Crippen molar-refractivity contribution in [1.82, 2.24) is 4.90 Å². The van der Waals surface area contributed by atoms with Crippen LogP contribution in [0.1, 0.15) is 63.9 Å². The Kier molecular flexibility index (Phi) is 6.93. The summed E-state index contributed by atoms with van der Waals surface area (Å²) in [5.41, 5.74) is 2.64. The van der Waals surface area contributed by atoms with Gasteiger partial charge in [0.05, 0.1) is 18.1 Å². The SMILES string of the molecule is CCCOC(=O)Nc1ccc(N2CCC[C@@]3(CCN([C@H]4CC[C@H](O)CC4)C3=O)C2)c(C)c1. The molecule has 0 radical (unpaired) electrons. The number of nitrogens with zero attached hydrogens (tertiary/aromatic N) is 2. The molecule has 1 aromatic rings. The van der Waals surface area contributed by atoms with E-state index in [1.165, 1.54) is 0 Å². The molecule has 0 bridgehead atoms. The summed E-state index contributed by atoms with van der Waals surface area (Å²) in [4.78, 5) is 29.9. The van der Waals surface area contributed by atoms with E-state index in [9.17, 15) is 14.7 Å². The van der Waals surface area contributed by atoms with Crippen LogP contribution < -0.4 is 10.2 Å². The van der Waals surface area contributed by atoms with Crippen molar-refractivity contribution in [1.29, 1.82) is 0 Å². The zero-order valence-electron chi connectivity index (χ0n) is 19.4. The van der Waals surface area contributed by atoms with E-state index in [0.29, 0.717) is 18.6 Å². The minimum absolute atomic E-state index is 0.197.